The van der Waals surface area contributed by atoms with Crippen molar-refractivity contribution in [2.24, 2.45) is 0 Å². The van der Waals surface area contributed by atoms with Gasteiger partial charge in [0.25, 0.3) is 11.6 Å². The van der Waals surface area contributed by atoms with Crippen molar-refractivity contribution in [2.75, 3.05) is 7.11 Å². The lowest BCUT2D eigenvalue weighted by molar-refractivity contribution is -0.385. The second-order valence-corrected chi connectivity index (χ2v) is 7.90. The lowest BCUT2D eigenvalue weighted by Gasteiger charge is -2.09. The van der Waals surface area contributed by atoms with Gasteiger partial charge < -0.3 is 14.2 Å². The number of carbonyl (C=O) groups excluding carboxylic acids is 1. The number of nitro groups is 1. The van der Waals surface area contributed by atoms with E-state index in [1.807, 2.05) is 12.1 Å². The number of hydrogen-bond acceptors (Lipinski definition) is 7. The number of nitrogens with zero attached hydrogens (tertiary/aromatic N) is 1. The molecule has 0 aromatic heterocycles. The molecular weight excluding hydrogens is 424 g/mol. The summed E-state index contributed by atoms with van der Waals surface area (Å²) in [6.07, 6.45) is 0. The van der Waals surface area contributed by atoms with Crippen LogP contribution >= 0.6 is 0 Å². The van der Waals surface area contributed by atoms with Crippen LogP contribution in [0.4, 0.5) is 5.69 Å². The van der Waals surface area contributed by atoms with Crippen molar-refractivity contribution in [3.05, 3.63) is 94.0 Å². The predicted octanol–water partition coefficient (Wildman–Crippen LogP) is 3.30. The Balaban J connectivity index is 1.66. The molecule has 0 saturated carbocycles. The van der Waals surface area contributed by atoms with E-state index in [0.717, 1.165) is 11.6 Å². The Morgan fingerprint density at radius 2 is 1.71 bits per heavy atom. The number of amides is 1. The number of rotatable bonds is 8. The van der Waals surface area contributed by atoms with Crippen molar-refractivity contribution in [3.63, 3.8) is 0 Å². The summed E-state index contributed by atoms with van der Waals surface area (Å²) in [6, 6.07) is 17.3. The molecular formula is C21H18N2O7S. The molecule has 0 radical (unpaired) electrons. The first kappa shape index (κ1) is 21.8. The summed E-state index contributed by atoms with van der Waals surface area (Å²) in [7, 11) is -2.72. The van der Waals surface area contributed by atoms with Gasteiger partial charge in [-0.2, -0.15) is 8.42 Å². The number of non-ortho nitro benzene ring substituents is 1. The third-order valence-corrected chi connectivity index (χ3v) is 5.47. The second kappa shape index (κ2) is 9.26. The average Bonchev–Trinajstić information content (AvgIpc) is 2.78. The summed E-state index contributed by atoms with van der Waals surface area (Å²) < 4.78 is 34.9. The van der Waals surface area contributed by atoms with Crippen LogP contribution in [-0.4, -0.2) is 26.4 Å². The van der Waals surface area contributed by atoms with Crippen molar-refractivity contribution in [1.82, 2.24) is 5.32 Å². The largest absolute Gasteiger partial charge is 0.497 e. The Kier molecular flexibility index (Phi) is 6.51. The first-order chi connectivity index (χ1) is 14.8. The molecule has 1 N–H and O–H groups in total. The Bertz CT molecular complexity index is 1210. The minimum absolute atomic E-state index is 0.0316. The molecule has 0 aliphatic heterocycles. The second-order valence-electron chi connectivity index (χ2n) is 6.35. The van der Waals surface area contributed by atoms with Crippen LogP contribution in [-0.2, 0) is 16.7 Å². The fourth-order valence-corrected chi connectivity index (χ4v) is 3.63. The lowest BCUT2D eigenvalue weighted by atomic mass is 10.2. The molecule has 0 atom stereocenters. The van der Waals surface area contributed by atoms with Crippen LogP contribution in [0, 0.1) is 10.1 Å². The Labute approximate surface area is 178 Å². The van der Waals surface area contributed by atoms with Crippen molar-refractivity contribution < 1.29 is 27.1 Å². The van der Waals surface area contributed by atoms with Crippen LogP contribution in [0.15, 0.2) is 77.7 Å². The van der Waals surface area contributed by atoms with E-state index in [1.165, 1.54) is 42.5 Å². The summed E-state index contributed by atoms with van der Waals surface area (Å²) in [5, 5.41) is 13.6. The minimum atomic E-state index is -4.27. The third kappa shape index (κ3) is 5.58. The smallest absolute Gasteiger partial charge is 0.339 e. The van der Waals surface area contributed by atoms with Crippen molar-refractivity contribution >= 4 is 21.7 Å². The fourth-order valence-electron chi connectivity index (χ4n) is 2.66. The summed E-state index contributed by atoms with van der Waals surface area (Å²) >= 11 is 0. The summed E-state index contributed by atoms with van der Waals surface area (Å²) in [5.41, 5.74) is 0.798. The lowest BCUT2D eigenvalue weighted by Crippen LogP contribution is -2.22. The monoisotopic (exact) mass is 442 g/mol. The van der Waals surface area contributed by atoms with Gasteiger partial charge in [-0.15, -0.1) is 0 Å². The molecule has 3 rings (SSSR count). The Hall–Kier alpha value is -3.92. The van der Waals surface area contributed by atoms with Crippen LogP contribution in [0.1, 0.15) is 15.9 Å². The normalized spacial score (nSPS) is 10.9. The molecule has 0 fully saturated rings. The highest BCUT2D eigenvalue weighted by atomic mass is 32.2. The molecule has 160 valence electrons. The first-order valence-electron chi connectivity index (χ1n) is 8.98. The molecule has 31 heavy (non-hydrogen) atoms. The van der Waals surface area contributed by atoms with Gasteiger partial charge >= 0.3 is 10.1 Å². The van der Waals surface area contributed by atoms with Crippen molar-refractivity contribution in [1.29, 1.82) is 0 Å². The molecule has 3 aromatic carbocycles. The maximum Gasteiger partial charge on any atom is 0.339 e. The zero-order valence-electron chi connectivity index (χ0n) is 16.3. The van der Waals surface area contributed by atoms with Crippen LogP contribution in [0.3, 0.4) is 0 Å². The van der Waals surface area contributed by atoms with Gasteiger partial charge in [-0.05, 0) is 48.0 Å². The zero-order chi connectivity index (χ0) is 22.4. The molecule has 9 nitrogen and oxygen atoms in total. The van der Waals surface area contributed by atoms with Gasteiger partial charge in [0.15, 0.2) is 0 Å². The third-order valence-electron chi connectivity index (χ3n) is 4.23. The van der Waals surface area contributed by atoms with E-state index in [0.29, 0.717) is 11.3 Å². The zero-order valence-corrected chi connectivity index (χ0v) is 17.2. The molecule has 0 aliphatic rings. The first-order valence-corrected chi connectivity index (χ1v) is 10.4. The van der Waals surface area contributed by atoms with Crippen molar-refractivity contribution in [2.45, 2.75) is 11.4 Å². The molecule has 3 aromatic rings. The molecule has 1 amide bonds. The number of benzene rings is 3. The van der Waals surface area contributed by atoms with Crippen LogP contribution < -0.4 is 14.2 Å². The molecule has 0 bridgehead atoms. The summed E-state index contributed by atoms with van der Waals surface area (Å²) in [6.45, 7) is 0.287. The number of nitro benzene ring substituents is 1. The van der Waals surface area contributed by atoms with Crippen molar-refractivity contribution in [3.8, 4) is 11.5 Å². The number of carbonyl (C=O) groups is 1. The molecule has 0 unspecified atom stereocenters. The van der Waals surface area contributed by atoms with E-state index in [1.54, 1.807) is 19.2 Å². The maximum atomic E-state index is 12.4. The molecule has 0 spiro atoms. The van der Waals surface area contributed by atoms with Crippen LogP contribution in [0.25, 0.3) is 0 Å². The van der Waals surface area contributed by atoms with Crippen LogP contribution in [0.2, 0.25) is 0 Å². The Morgan fingerprint density at radius 3 is 2.39 bits per heavy atom. The van der Waals surface area contributed by atoms with E-state index in [-0.39, 0.29) is 28.8 Å². The highest BCUT2D eigenvalue weighted by Gasteiger charge is 2.20. The summed E-state index contributed by atoms with van der Waals surface area (Å²) in [4.78, 5) is 22.1. The van der Waals surface area contributed by atoms with Gasteiger partial charge in [0.05, 0.1) is 12.0 Å². The van der Waals surface area contributed by atoms with Gasteiger partial charge in [-0.3, -0.25) is 14.9 Å². The number of methoxy groups -OCH3 is 1. The van der Waals surface area contributed by atoms with E-state index >= 15 is 0 Å². The molecule has 0 aliphatic carbocycles. The molecule has 0 heterocycles. The van der Waals surface area contributed by atoms with Gasteiger partial charge in [0.2, 0.25) is 0 Å². The quantitative estimate of drug-likeness (QED) is 0.322. The SMILES string of the molecule is COc1cccc(CNC(=O)c2ccc(OS(=O)(=O)c3cccc([N+](=O)[O-])c3)cc2)c1. The highest BCUT2D eigenvalue weighted by Crippen LogP contribution is 2.22. The molecule has 0 saturated heterocycles. The number of hydrogen-bond donors (Lipinski definition) is 1. The van der Waals surface area contributed by atoms with Gasteiger partial charge in [0.1, 0.15) is 16.4 Å². The van der Waals surface area contributed by atoms with E-state index < -0.39 is 15.0 Å². The molecule has 10 heteroatoms. The van der Waals surface area contributed by atoms with E-state index in [4.69, 9.17) is 8.92 Å². The maximum absolute atomic E-state index is 12.4. The number of nitrogens with one attached hydrogen (secondary N) is 1. The van der Waals surface area contributed by atoms with Gasteiger partial charge in [0, 0.05) is 24.2 Å². The van der Waals surface area contributed by atoms with E-state index in [9.17, 15) is 23.3 Å². The topological polar surface area (TPSA) is 125 Å². The highest BCUT2D eigenvalue weighted by molar-refractivity contribution is 7.87. The van der Waals surface area contributed by atoms with Crippen LogP contribution in [0.5, 0.6) is 11.5 Å². The minimum Gasteiger partial charge on any atom is -0.497 e. The van der Waals surface area contributed by atoms with Gasteiger partial charge in [-0.1, -0.05) is 18.2 Å². The fraction of sp³-hybridized carbons (Fsp3) is 0.0952. The van der Waals surface area contributed by atoms with Gasteiger partial charge in [-0.25, -0.2) is 0 Å². The standard InChI is InChI=1S/C21H18N2O7S/c1-29-19-6-2-4-15(12-19)14-22-21(24)16-8-10-18(11-9-16)30-31(27,28)20-7-3-5-17(13-20)23(25)26/h2-13H,14H2,1H3,(H,22,24). The summed E-state index contributed by atoms with van der Waals surface area (Å²) in [5.74, 6) is 0.296. The predicted molar refractivity (Wildman–Crippen MR) is 112 cm³/mol. The average molecular weight is 442 g/mol. The van der Waals surface area contributed by atoms with E-state index in [2.05, 4.69) is 5.32 Å². The number of ether oxygens (including phenoxy) is 1. The Morgan fingerprint density at radius 1 is 1.00 bits per heavy atom.